The number of aliphatic hydroxyl groups is 1. The SMILES string of the molecule is CC(N[C@@H]1CCCC[C@H]1O)C(=O)NC(C)(C)C. The van der Waals surface area contributed by atoms with Crippen molar-refractivity contribution in [3.8, 4) is 0 Å². The average molecular weight is 242 g/mol. The molecule has 1 rings (SSSR count). The Morgan fingerprint density at radius 3 is 2.41 bits per heavy atom. The molecule has 0 aromatic carbocycles. The van der Waals surface area contributed by atoms with Crippen LogP contribution in [0.25, 0.3) is 0 Å². The minimum absolute atomic E-state index is 0.00438. The van der Waals surface area contributed by atoms with Gasteiger partial charge in [-0.1, -0.05) is 12.8 Å². The van der Waals surface area contributed by atoms with Gasteiger partial charge >= 0.3 is 0 Å². The van der Waals surface area contributed by atoms with E-state index in [1.165, 1.54) is 0 Å². The van der Waals surface area contributed by atoms with E-state index in [9.17, 15) is 9.90 Å². The van der Waals surface area contributed by atoms with Gasteiger partial charge in [0.1, 0.15) is 0 Å². The Morgan fingerprint density at radius 2 is 1.88 bits per heavy atom. The summed E-state index contributed by atoms with van der Waals surface area (Å²) < 4.78 is 0. The maximum atomic E-state index is 11.9. The standard InChI is InChI=1S/C13H26N2O2/c1-9(12(17)15-13(2,3)4)14-10-7-5-6-8-11(10)16/h9-11,14,16H,5-8H2,1-4H3,(H,15,17)/t9?,10-,11-/m1/s1. The van der Waals surface area contributed by atoms with Gasteiger partial charge in [-0.2, -0.15) is 0 Å². The predicted molar refractivity (Wildman–Crippen MR) is 68.8 cm³/mol. The van der Waals surface area contributed by atoms with Crippen molar-refractivity contribution < 1.29 is 9.90 Å². The molecule has 0 saturated heterocycles. The molecule has 1 fully saturated rings. The van der Waals surface area contributed by atoms with Gasteiger partial charge in [-0.25, -0.2) is 0 Å². The average Bonchev–Trinajstić information content (AvgIpc) is 2.18. The monoisotopic (exact) mass is 242 g/mol. The molecule has 1 aliphatic rings. The smallest absolute Gasteiger partial charge is 0.237 e. The fourth-order valence-corrected chi connectivity index (χ4v) is 2.18. The van der Waals surface area contributed by atoms with Crippen molar-refractivity contribution >= 4 is 5.91 Å². The minimum Gasteiger partial charge on any atom is -0.392 e. The topological polar surface area (TPSA) is 61.4 Å². The molecule has 0 spiro atoms. The molecule has 0 radical (unpaired) electrons. The van der Waals surface area contributed by atoms with E-state index in [1.807, 2.05) is 27.7 Å². The first kappa shape index (κ1) is 14.5. The molecule has 0 aliphatic heterocycles. The van der Waals surface area contributed by atoms with Gasteiger partial charge in [-0.05, 0) is 40.5 Å². The van der Waals surface area contributed by atoms with Crippen molar-refractivity contribution in [1.82, 2.24) is 10.6 Å². The maximum absolute atomic E-state index is 11.9. The number of carbonyl (C=O) groups is 1. The summed E-state index contributed by atoms with van der Waals surface area (Å²) in [4.78, 5) is 11.9. The van der Waals surface area contributed by atoms with Crippen LogP contribution < -0.4 is 10.6 Å². The number of hydrogen-bond acceptors (Lipinski definition) is 3. The number of rotatable bonds is 3. The molecule has 17 heavy (non-hydrogen) atoms. The lowest BCUT2D eigenvalue weighted by Crippen LogP contribution is -2.54. The van der Waals surface area contributed by atoms with E-state index < -0.39 is 0 Å². The third-order valence-corrected chi connectivity index (χ3v) is 3.09. The summed E-state index contributed by atoms with van der Waals surface area (Å²) in [7, 11) is 0. The van der Waals surface area contributed by atoms with Crippen molar-refractivity contribution in [2.75, 3.05) is 0 Å². The number of nitrogens with one attached hydrogen (secondary N) is 2. The molecule has 4 nitrogen and oxygen atoms in total. The van der Waals surface area contributed by atoms with Crippen LogP contribution in [0.15, 0.2) is 0 Å². The van der Waals surface area contributed by atoms with Crippen LogP contribution in [0.5, 0.6) is 0 Å². The van der Waals surface area contributed by atoms with Crippen LogP contribution in [-0.2, 0) is 4.79 Å². The zero-order chi connectivity index (χ0) is 13.1. The van der Waals surface area contributed by atoms with E-state index in [1.54, 1.807) is 0 Å². The van der Waals surface area contributed by atoms with Crippen molar-refractivity contribution in [1.29, 1.82) is 0 Å². The molecule has 3 N–H and O–H groups in total. The van der Waals surface area contributed by atoms with Crippen LogP contribution in [0.2, 0.25) is 0 Å². The van der Waals surface area contributed by atoms with E-state index in [-0.39, 0.29) is 29.6 Å². The van der Waals surface area contributed by atoms with Gasteiger partial charge in [-0.15, -0.1) is 0 Å². The zero-order valence-corrected chi connectivity index (χ0v) is 11.4. The summed E-state index contributed by atoms with van der Waals surface area (Å²) in [6.07, 6.45) is 3.69. The summed E-state index contributed by atoms with van der Waals surface area (Å²) in [5, 5.41) is 16.0. The molecule has 1 aliphatic carbocycles. The summed E-state index contributed by atoms with van der Waals surface area (Å²) in [5.74, 6) is -0.00438. The summed E-state index contributed by atoms with van der Waals surface area (Å²) in [6.45, 7) is 7.75. The fraction of sp³-hybridized carbons (Fsp3) is 0.923. The van der Waals surface area contributed by atoms with E-state index >= 15 is 0 Å². The van der Waals surface area contributed by atoms with Gasteiger partial charge in [-0.3, -0.25) is 4.79 Å². The molecular formula is C13H26N2O2. The Morgan fingerprint density at radius 1 is 1.29 bits per heavy atom. The second-order valence-electron chi connectivity index (χ2n) is 6.09. The lowest BCUT2D eigenvalue weighted by molar-refractivity contribution is -0.124. The van der Waals surface area contributed by atoms with Crippen molar-refractivity contribution in [2.24, 2.45) is 0 Å². The first-order valence-electron chi connectivity index (χ1n) is 6.56. The van der Waals surface area contributed by atoms with Crippen LogP contribution in [0.3, 0.4) is 0 Å². The second kappa shape index (κ2) is 5.83. The van der Waals surface area contributed by atoms with Gasteiger partial charge in [0, 0.05) is 11.6 Å². The highest BCUT2D eigenvalue weighted by atomic mass is 16.3. The lowest BCUT2D eigenvalue weighted by Gasteiger charge is -2.32. The second-order valence-corrected chi connectivity index (χ2v) is 6.09. The third kappa shape index (κ3) is 5.04. The molecule has 1 amide bonds. The van der Waals surface area contributed by atoms with Gasteiger partial charge in [0.15, 0.2) is 0 Å². The Hall–Kier alpha value is -0.610. The summed E-state index contributed by atoms with van der Waals surface area (Å²) in [6, 6.07) is -0.198. The molecule has 100 valence electrons. The predicted octanol–water partition coefficient (Wildman–Crippen LogP) is 1.18. The fourth-order valence-electron chi connectivity index (χ4n) is 2.18. The van der Waals surface area contributed by atoms with Gasteiger partial charge < -0.3 is 15.7 Å². The molecule has 0 heterocycles. The number of hydrogen-bond donors (Lipinski definition) is 3. The molecule has 1 saturated carbocycles. The quantitative estimate of drug-likeness (QED) is 0.696. The van der Waals surface area contributed by atoms with Crippen molar-refractivity contribution in [3.63, 3.8) is 0 Å². The van der Waals surface area contributed by atoms with Gasteiger partial charge in [0.2, 0.25) is 5.91 Å². The van der Waals surface area contributed by atoms with Crippen molar-refractivity contribution in [2.45, 2.75) is 77.1 Å². The first-order chi connectivity index (χ1) is 7.79. The highest BCUT2D eigenvalue weighted by molar-refractivity contribution is 5.81. The van der Waals surface area contributed by atoms with Gasteiger partial charge in [0.25, 0.3) is 0 Å². The zero-order valence-electron chi connectivity index (χ0n) is 11.4. The highest BCUT2D eigenvalue weighted by Gasteiger charge is 2.27. The van der Waals surface area contributed by atoms with Crippen LogP contribution in [0.1, 0.15) is 53.4 Å². The normalized spacial score (nSPS) is 27.6. The summed E-state index contributed by atoms with van der Waals surface area (Å²) >= 11 is 0. The minimum atomic E-state index is -0.311. The molecule has 0 bridgehead atoms. The molecular weight excluding hydrogens is 216 g/mol. The van der Waals surface area contributed by atoms with Gasteiger partial charge in [0.05, 0.1) is 12.1 Å². The largest absolute Gasteiger partial charge is 0.392 e. The van der Waals surface area contributed by atoms with Crippen LogP contribution in [0, 0.1) is 0 Å². The Labute approximate surface area is 104 Å². The van der Waals surface area contributed by atoms with E-state index in [4.69, 9.17) is 0 Å². The molecule has 4 heteroatoms. The van der Waals surface area contributed by atoms with Crippen molar-refractivity contribution in [3.05, 3.63) is 0 Å². The third-order valence-electron chi connectivity index (χ3n) is 3.09. The van der Waals surface area contributed by atoms with E-state index in [0.29, 0.717) is 0 Å². The Balaban J connectivity index is 2.42. The van der Waals surface area contributed by atoms with Crippen LogP contribution >= 0.6 is 0 Å². The summed E-state index contributed by atoms with van der Waals surface area (Å²) in [5.41, 5.74) is -0.210. The van der Waals surface area contributed by atoms with E-state index in [0.717, 1.165) is 25.7 Å². The number of amides is 1. The molecule has 0 aromatic rings. The lowest BCUT2D eigenvalue weighted by atomic mass is 9.92. The molecule has 0 aromatic heterocycles. The first-order valence-corrected chi connectivity index (χ1v) is 6.56. The molecule has 3 atom stereocenters. The molecule has 1 unspecified atom stereocenters. The van der Waals surface area contributed by atoms with Crippen LogP contribution in [-0.4, -0.2) is 34.7 Å². The Bertz CT molecular complexity index is 261. The Kier molecular flexibility index (Phi) is 4.95. The number of carbonyl (C=O) groups excluding carboxylic acids is 1. The van der Waals surface area contributed by atoms with E-state index in [2.05, 4.69) is 10.6 Å². The maximum Gasteiger partial charge on any atom is 0.237 e. The number of aliphatic hydroxyl groups excluding tert-OH is 1. The highest BCUT2D eigenvalue weighted by Crippen LogP contribution is 2.18. The van der Waals surface area contributed by atoms with Crippen LogP contribution in [0.4, 0.5) is 0 Å².